The lowest BCUT2D eigenvalue weighted by Gasteiger charge is -1.92. The number of nitro groups is 1. The van der Waals surface area contributed by atoms with Gasteiger partial charge < -0.3 is 0 Å². The van der Waals surface area contributed by atoms with E-state index in [0.717, 1.165) is 12.1 Å². The summed E-state index contributed by atoms with van der Waals surface area (Å²) < 4.78 is 13.0. The summed E-state index contributed by atoms with van der Waals surface area (Å²) in [7, 11) is 0. The molecule has 1 heterocycles. The Morgan fingerprint density at radius 2 is 2.31 bits per heavy atom. The minimum atomic E-state index is -0.871. The highest BCUT2D eigenvalue weighted by Gasteiger charge is 2.15. The van der Waals surface area contributed by atoms with Gasteiger partial charge in [0, 0.05) is 23.7 Å². The predicted molar refractivity (Wildman–Crippen MR) is 42.7 cm³/mol. The third-order valence-electron chi connectivity index (χ3n) is 1.70. The number of aromatic nitrogens is 2. The van der Waals surface area contributed by atoms with Gasteiger partial charge >= 0.3 is 5.69 Å². The van der Waals surface area contributed by atoms with Crippen LogP contribution in [-0.2, 0) is 0 Å². The van der Waals surface area contributed by atoms with Crippen LogP contribution in [-0.4, -0.2) is 15.1 Å². The molecule has 66 valence electrons. The third kappa shape index (κ3) is 1.12. The van der Waals surface area contributed by atoms with E-state index in [9.17, 15) is 14.5 Å². The number of nitro benzene ring substituents is 1. The highest BCUT2D eigenvalue weighted by atomic mass is 19.1. The van der Waals surface area contributed by atoms with Gasteiger partial charge in [-0.15, -0.1) is 0 Å². The molecule has 0 bridgehead atoms. The smallest absolute Gasteiger partial charge is 0.285 e. The van der Waals surface area contributed by atoms with E-state index in [2.05, 4.69) is 10.2 Å². The monoisotopic (exact) mass is 181 g/mol. The molecule has 6 heteroatoms. The number of benzene rings is 1. The van der Waals surface area contributed by atoms with Crippen LogP contribution in [0.5, 0.6) is 0 Å². The Morgan fingerprint density at radius 1 is 1.54 bits per heavy atom. The number of hydrogen-bond acceptors (Lipinski definition) is 3. The summed E-state index contributed by atoms with van der Waals surface area (Å²) >= 11 is 0. The van der Waals surface area contributed by atoms with E-state index in [-0.39, 0.29) is 0 Å². The number of rotatable bonds is 1. The molecule has 1 aromatic heterocycles. The van der Waals surface area contributed by atoms with E-state index in [1.807, 2.05) is 0 Å². The highest BCUT2D eigenvalue weighted by molar-refractivity contribution is 5.80. The predicted octanol–water partition coefficient (Wildman–Crippen LogP) is 1.61. The molecule has 2 rings (SSSR count). The van der Waals surface area contributed by atoms with E-state index in [1.54, 1.807) is 0 Å². The van der Waals surface area contributed by atoms with Crippen molar-refractivity contribution in [1.82, 2.24) is 10.2 Å². The first-order valence-corrected chi connectivity index (χ1v) is 3.46. The van der Waals surface area contributed by atoms with Gasteiger partial charge in [0.05, 0.1) is 10.4 Å². The molecule has 1 N–H and O–H groups in total. The second-order valence-electron chi connectivity index (χ2n) is 2.50. The molecule has 0 aliphatic carbocycles. The number of aromatic amines is 1. The van der Waals surface area contributed by atoms with Crippen molar-refractivity contribution >= 4 is 16.6 Å². The molecule has 0 atom stereocenters. The maximum Gasteiger partial charge on any atom is 0.305 e. The van der Waals surface area contributed by atoms with Crippen molar-refractivity contribution < 1.29 is 9.31 Å². The molecule has 0 saturated heterocycles. The third-order valence-corrected chi connectivity index (χ3v) is 1.70. The number of fused-ring (bicyclic) bond motifs is 1. The normalized spacial score (nSPS) is 10.5. The van der Waals surface area contributed by atoms with Crippen molar-refractivity contribution in [3.05, 3.63) is 34.3 Å². The zero-order chi connectivity index (χ0) is 9.42. The lowest BCUT2D eigenvalue weighted by Crippen LogP contribution is -1.91. The number of H-pyrrole nitrogens is 1. The van der Waals surface area contributed by atoms with E-state index in [1.165, 1.54) is 6.20 Å². The molecule has 0 fully saturated rings. The molecule has 1 aromatic carbocycles. The van der Waals surface area contributed by atoms with E-state index in [0.29, 0.717) is 10.9 Å². The lowest BCUT2D eigenvalue weighted by molar-refractivity contribution is -0.387. The Kier molecular flexibility index (Phi) is 1.48. The second-order valence-corrected chi connectivity index (χ2v) is 2.50. The molecular formula is C7H4FN3O2. The summed E-state index contributed by atoms with van der Waals surface area (Å²) in [6.45, 7) is 0. The number of nitrogens with one attached hydrogen (secondary N) is 1. The van der Waals surface area contributed by atoms with Gasteiger partial charge in [-0.25, -0.2) is 0 Å². The number of nitrogens with zero attached hydrogens (tertiary/aromatic N) is 2. The molecule has 0 radical (unpaired) electrons. The second kappa shape index (κ2) is 2.51. The number of halogens is 1. The zero-order valence-electron chi connectivity index (χ0n) is 6.32. The Hall–Kier alpha value is -1.98. The molecule has 5 nitrogen and oxygen atoms in total. The topological polar surface area (TPSA) is 71.8 Å². The largest absolute Gasteiger partial charge is 0.305 e. The SMILES string of the molecule is O=[N+]([O-])c1cc2c[nH]nc2cc1F. The van der Waals surface area contributed by atoms with Crippen molar-refractivity contribution in [2.24, 2.45) is 0 Å². The fourth-order valence-corrected chi connectivity index (χ4v) is 1.09. The maximum absolute atomic E-state index is 13.0. The summed E-state index contributed by atoms with van der Waals surface area (Å²) in [6.07, 6.45) is 1.47. The summed E-state index contributed by atoms with van der Waals surface area (Å²) in [6, 6.07) is 2.18. The van der Waals surface area contributed by atoms with Crippen LogP contribution >= 0.6 is 0 Å². The molecule has 0 unspecified atom stereocenters. The van der Waals surface area contributed by atoms with Crippen molar-refractivity contribution in [3.63, 3.8) is 0 Å². The van der Waals surface area contributed by atoms with Crippen LogP contribution < -0.4 is 0 Å². The van der Waals surface area contributed by atoms with E-state index in [4.69, 9.17) is 0 Å². The molecule has 0 saturated carbocycles. The molecular weight excluding hydrogens is 177 g/mol. The average Bonchev–Trinajstić information content (AvgIpc) is 2.48. The van der Waals surface area contributed by atoms with Gasteiger partial charge in [0.15, 0.2) is 0 Å². The molecule has 0 amide bonds. The Balaban J connectivity index is 2.76. The van der Waals surface area contributed by atoms with Crippen molar-refractivity contribution in [2.75, 3.05) is 0 Å². The number of hydrogen-bond donors (Lipinski definition) is 1. The standard InChI is InChI=1S/C7H4FN3O2/c8-5-2-6-4(3-9-10-6)1-7(5)11(12)13/h1-3H,(H,9,10). The van der Waals surface area contributed by atoms with Gasteiger partial charge in [0.1, 0.15) is 0 Å². The van der Waals surface area contributed by atoms with Crippen molar-refractivity contribution in [3.8, 4) is 0 Å². The minimum Gasteiger partial charge on any atom is -0.285 e. The van der Waals surface area contributed by atoms with Crippen LogP contribution in [0.4, 0.5) is 10.1 Å². The molecule has 0 aliphatic heterocycles. The first kappa shape index (κ1) is 7.66. The molecule has 13 heavy (non-hydrogen) atoms. The lowest BCUT2D eigenvalue weighted by atomic mass is 10.2. The highest BCUT2D eigenvalue weighted by Crippen LogP contribution is 2.22. The van der Waals surface area contributed by atoms with Gasteiger partial charge in [-0.2, -0.15) is 9.49 Å². The van der Waals surface area contributed by atoms with Crippen LogP contribution in [0, 0.1) is 15.9 Å². The van der Waals surface area contributed by atoms with Crippen LogP contribution in [0.25, 0.3) is 10.9 Å². The first-order chi connectivity index (χ1) is 6.18. The first-order valence-electron chi connectivity index (χ1n) is 3.46. The van der Waals surface area contributed by atoms with Crippen LogP contribution in [0.1, 0.15) is 0 Å². The zero-order valence-corrected chi connectivity index (χ0v) is 6.32. The van der Waals surface area contributed by atoms with Gasteiger partial charge in [-0.05, 0) is 0 Å². The molecule has 2 aromatic rings. The quantitative estimate of drug-likeness (QED) is 0.536. The van der Waals surface area contributed by atoms with Crippen molar-refractivity contribution in [2.45, 2.75) is 0 Å². The molecule has 0 spiro atoms. The fourth-order valence-electron chi connectivity index (χ4n) is 1.09. The molecule has 0 aliphatic rings. The van der Waals surface area contributed by atoms with Crippen LogP contribution in [0.3, 0.4) is 0 Å². The minimum absolute atomic E-state index is 0.378. The summed E-state index contributed by atoms with van der Waals surface area (Å²) in [4.78, 5) is 9.56. The maximum atomic E-state index is 13.0. The Morgan fingerprint density at radius 3 is 3.00 bits per heavy atom. The van der Waals surface area contributed by atoms with E-state index < -0.39 is 16.4 Å². The Labute approximate surface area is 71.3 Å². The van der Waals surface area contributed by atoms with Crippen molar-refractivity contribution in [1.29, 1.82) is 0 Å². The Bertz CT molecular complexity index is 480. The summed E-state index contributed by atoms with van der Waals surface area (Å²) in [5.74, 6) is -0.871. The van der Waals surface area contributed by atoms with Gasteiger partial charge in [-0.3, -0.25) is 15.2 Å². The summed E-state index contributed by atoms with van der Waals surface area (Å²) in [5.41, 5.74) is -0.156. The van der Waals surface area contributed by atoms with Gasteiger partial charge in [0.25, 0.3) is 0 Å². The van der Waals surface area contributed by atoms with E-state index >= 15 is 0 Å². The van der Waals surface area contributed by atoms with Gasteiger partial charge in [0.2, 0.25) is 5.82 Å². The fraction of sp³-hybridized carbons (Fsp3) is 0. The average molecular weight is 181 g/mol. The van der Waals surface area contributed by atoms with Crippen LogP contribution in [0.15, 0.2) is 18.3 Å². The summed E-state index contributed by atoms with van der Waals surface area (Å²) in [5, 5.41) is 17.0. The van der Waals surface area contributed by atoms with Crippen LogP contribution in [0.2, 0.25) is 0 Å². The van der Waals surface area contributed by atoms with Gasteiger partial charge in [-0.1, -0.05) is 0 Å².